The molecule has 1 aliphatic heterocycles. The molecule has 1 amide bonds. The summed E-state index contributed by atoms with van der Waals surface area (Å²) in [6.45, 7) is 3.02. The first kappa shape index (κ1) is 19.8. The predicted molar refractivity (Wildman–Crippen MR) is 114 cm³/mol. The Morgan fingerprint density at radius 2 is 2.07 bits per heavy atom. The lowest BCUT2D eigenvalue weighted by atomic mass is 9.96. The van der Waals surface area contributed by atoms with Crippen molar-refractivity contribution in [2.75, 3.05) is 38.3 Å². The Morgan fingerprint density at radius 3 is 2.90 bits per heavy atom. The Morgan fingerprint density at radius 1 is 1.21 bits per heavy atom. The number of hydrogen-bond acceptors (Lipinski definition) is 5. The third-order valence-electron chi connectivity index (χ3n) is 5.86. The van der Waals surface area contributed by atoms with Crippen LogP contribution in [0.5, 0.6) is 0 Å². The van der Waals surface area contributed by atoms with Gasteiger partial charge < -0.3 is 15.0 Å². The summed E-state index contributed by atoms with van der Waals surface area (Å²) in [6, 6.07) is 10.2. The van der Waals surface area contributed by atoms with E-state index in [1.807, 2.05) is 18.2 Å². The maximum atomic E-state index is 12.6. The number of methoxy groups -OCH3 is 1. The highest BCUT2D eigenvalue weighted by atomic mass is 16.5. The lowest BCUT2D eigenvalue weighted by molar-refractivity contribution is -0.125. The molecule has 1 aromatic heterocycles. The number of carbonyl (C=O) groups excluding carboxylic acids is 1. The summed E-state index contributed by atoms with van der Waals surface area (Å²) < 4.78 is 5.06. The molecule has 4 rings (SSSR count). The van der Waals surface area contributed by atoms with Gasteiger partial charge in [-0.3, -0.25) is 4.79 Å². The molecule has 0 spiro atoms. The number of rotatable bonds is 7. The second kappa shape index (κ2) is 9.35. The monoisotopic (exact) mass is 394 g/mol. The van der Waals surface area contributed by atoms with Crippen LogP contribution in [0, 0.1) is 5.92 Å². The van der Waals surface area contributed by atoms with Crippen LogP contribution in [0.4, 0.5) is 5.82 Å². The summed E-state index contributed by atoms with van der Waals surface area (Å²) in [6.07, 6.45) is 5.97. The number of piperidine rings is 1. The number of anilines is 1. The molecular formula is C23H30N4O2. The maximum Gasteiger partial charge on any atom is 0.224 e. The quantitative estimate of drug-likeness (QED) is 0.731. The SMILES string of the molecule is COCCCNC(=O)[C@H]1CCCN(c2nc(-c3ccccc3)nc3c2CCC3)C1. The van der Waals surface area contributed by atoms with E-state index < -0.39 is 0 Å². The largest absolute Gasteiger partial charge is 0.385 e. The van der Waals surface area contributed by atoms with Crippen molar-refractivity contribution in [2.45, 2.75) is 38.5 Å². The summed E-state index contributed by atoms with van der Waals surface area (Å²) in [4.78, 5) is 24.8. The molecule has 2 aromatic rings. The zero-order chi connectivity index (χ0) is 20.1. The van der Waals surface area contributed by atoms with E-state index in [2.05, 4.69) is 22.3 Å². The van der Waals surface area contributed by atoms with Crippen LogP contribution in [0.2, 0.25) is 0 Å². The first-order chi connectivity index (χ1) is 14.3. The zero-order valence-electron chi connectivity index (χ0n) is 17.2. The molecule has 0 unspecified atom stereocenters. The van der Waals surface area contributed by atoms with Crippen molar-refractivity contribution in [3.8, 4) is 11.4 Å². The minimum Gasteiger partial charge on any atom is -0.385 e. The summed E-state index contributed by atoms with van der Waals surface area (Å²) in [5.41, 5.74) is 3.51. The van der Waals surface area contributed by atoms with Crippen LogP contribution in [0.1, 0.15) is 36.9 Å². The number of aryl methyl sites for hydroxylation is 1. The van der Waals surface area contributed by atoms with E-state index in [4.69, 9.17) is 14.7 Å². The number of amides is 1. The van der Waals surface area contributed by atoms with Crippen LogP contribution >= 0.6 is 0 Å². The van der Waals surface area contributed by atoms with Crippen LogP contribution in [0.15, 0.2) is 30.3 Å². The van der Waals surface area contributed by atoms with Crippen molar-refractivity contribution in [3.63, 3.8) is 0 Å². The number of nitrogens with zero attached hydrogens (tertiary/aromatic N) is 3. The van der Waals surface area contributed by atoms with Gasteiger partial charge in [-0.25, -0.2) is 9.97 Å². The molecule has 1 aliphatic carbocycles. The van der Waals surface area contributed by atoms with Crippen LogP contribution < -0.4 is 10.2 Å². The number of hydrogen-bond donors (Lipinski definition) is 1. The number of nitrogens with one attached hydrogen (secondary N) is 1. The molecule has 6 nitrogen and oxygen atoms in total. The first-order valence-electron chi connectivity index (χ1n) is 10.7. The van der Waals surface area contributed by atoms with E-state index in [0.717, 1.165) is 68.8 Å². The number of carbonyl (C=O) groups is 1. The summed E-state index contributed by atoms with van der Waals surface area (Å²) >= 11 is 0. The predicted octanol–water partition coefficient (Wildman–Crippen LogP) is 3.00. The van der Waals surface area contributed by atoms with E-state index in [-0.39, 0.29) is 11.8 Å². The first-order valence-corrected chi connectivity index (χ1v) is 10.7. The Hall–Kier alpha value is -2.47. The van der Waals surface area contributed by atoms with Gasteiger partial charge in [0.2, 0.25) is 5.91 Å². The van der Waals surface area contributed by atoms with Crippen molar-refractivity contribution in [2.24, 2.45) is 5.92 Å². The molecule has 0 bridgehead atoms. The molecule has 1 atom stereocenters. The number of benzene rings is 1. The van der Waals surface area contributed by atoms with Crippen molar-refractivity contribution in [1.29, 1.82) is 0 Å². The highest BCUT2D eigenvalue weighted by molar-refractivity contribution is 5.79. The van der Waals surface area contributed by atoms with Crippen molar-refractivity contribution in [3.05, 3.63) is 41.6 Å². The fraction of sp³-hybridized carbons (Fsp3) is 0.522. The van der Waals surface area contributed by atoms with Gasteiger partial charge in [0.1, 0.15) is 5.82 Å². The van der Waals surface area contributed by atoms with Crippen molar-refractivity contribution < 1.29 is 9.53 Å². The number of fused-ring (bicyclic) bond motifs is 1. The van der Waals surface area contributed by atoms with Gasteiger partial charge in [0.25, 0.3) is 0 Å². The lowest BCUT2D eigenvalue weighted by Gasteiger charge is -2.34. The van der Waals surface area contributed by atoms with Gasteiger partial charge in [0.15, 0.2) is 5.82 Å². The van der Waals surface area contributed by atoms with Crippen LogP contribution in [0.3, 0.4) is 0 Å². The molecular weight excluding hydrogens is 364 g/mol. The smallest absolute Gasteiger partial charge is 0.224 e. The number of aromatic nitrogens is 2. The molecule has 0 saturated carbocycles. The van der Waals surface area contributed by atoms with Gasteiger partial charge in [-0.15, -0.1) is 0 Å². The van der Waals surface area contributed by atoms with E-state index in [0.29, 0.717) is 13.2 Å². The molecule has 2 aliphatic rings. The highest BCUT2D eigenvalue weighted by Crippen LogP contribution is 2.33. The van der Waals surface area contributed by atoms with E-state index >= 15 is 0 Å². The standard InChI is InChI=1S/C23H30N4O2/c1-29-15-7-13-24-23(28)18-10-6-14-27(16-18)22-19-11-5-12-20(19)25-21(26-22)17-8-3-2-4-9-17/h2-4,8-9,18H,5-7,10-16H2,1H3,(H,24,28)/t18-/m0/s1. The van der Waals surface area contributed by atoms with Crippen LogP contribution in [-0.4, -0.2) is 49.2 Å². The molecule has 2 heterocycles. The minimum atomic E-state index is 0.0125. The lowest BCUT2D eigenvalue weighted by Crippen LogP contribution is -2.44. The topological polar surface area (TPSA) is 67.3 Å². The van der Waals surface area contributed by atoms with Gasteiger partial charge >= 0.3 is 0 Å². The highest BCUT2D eigenvalue weighted by Gasteiger charge is 2.30. The second-order valence-electron chi connectivity index (χ2n) is 7.94. The fourth-order valence-corrected chi connectivity index (χ4v) is 4.35. The maximum absolute atomic E-state index is 12.6. The molecule has 1 fully saturated rings. The van der Waals surface area contributed by atoms with Gasteiger partial charge in [0.05, 0.1) is 5.92 Å². The number of ether oxygens (including phenoxy) is 1. The summed E-state index contributed by atoms with van der Waals surface area (Å²) in [5, 5.41) is 3.07. The van der Waals surface area contributed by atoms with Crippen LogP contribution in [0.25, 0.3) is 11.4 Å². The zero-order valence-corrected chi connectivity index (χ0v) is 17.2. The molecule has 1 N–H and O–H groups in total. The van der Waals surface area contributed by atoms with Gasteiger partial charge in [-0.05, 0) is 38.5 Å². The van der Waals surface area contributed by atoms with E-state index in [9.17, 15) is 4.79 Å². The van der Waals surface area contributed by atoms with Crippen molar-refractivity contribution in [1.82, 2.24) is 15.3 Å². The molecule has 1 saturated heterocycles. The Bertz CT molecular complexity index is 840. The Balaban J connectivity index is 1.53. The van der Waals surface area contributed by atoms with Gasteiger partial charge in [-0.1, -0.05) is 30.3 Å². The van der Waals surface area contributed by atoms with E-state index in [1.54, 1.807) is 7.11 Å². The fourth-order valence-electron chi connectivity index (χ4n) is 4.35. The minimum absolute atomic E-state index is 0.0125. The Labute approximate surface area is 172 Å². The molecule has 154 valence electrons. The normalized spacial score (nSPS) is 18.5. The van der Waals surface area contributed by atoms with Gasteiger partial charge in [-0.2, -0.15) is 0 Å². The van der Waals surface area contributed by atoms with E-state index in [1.165, 1.54) is 11.3 Å². The van der Waals surface area contributed by atoms with Crippen LogP contribution in [-0.2, 0) is 22.4 Å². The third kappa shape index (κ3) is 4.58. The van der Waals surface area contributed by atoms with Crippen molar-refractivity contribution >= 4 is 11.7 Å². The average molecular weight is 395 g/mol. The molecule has 1 aromatic carbocycles. The molecule has 0 radical (unpaired) electrons. The van der Waals surface area contributed by atoms with Gasteiger partial charge in [0, 0.05) is 50.2 Å². The third-order valence-corrected chi connectivity index (χ3v) is 5.86. The average Bonchev–Trinajstić information content (AvgIpc) is 3.25. The Kier molecular flexibility index (Phi) is 6.39. The molecule has 29 heavy (non-hydrogen) atoms. The summed E-state index contributed by atoms with van der Waals surface area (Å²) in [7, 11) is 1.69. The second-order valence-corrected chi connectivity index (χ2v) is 7.94. The molecule has 6 heteroatoms. The summed E-state index contributed by atoms with van der Waals surface area (Å²) in [5.74, 6) is 2.01.